The number of rotatable bonds is 5. The number of nitrogens with zero attached hydrogens (tertiary/aromatic N) is 2. The van der Waals surface area contributed by atoms with Crippen molar-refractivity contribution in [1.82, 2.24) is 4.98 Å². The molecule has 0 amide bonds. The van der Waals surface area contributed by atoms with Gasteiger partial charge in [0.15, 0.2) is 0 Å². The molecule has 1 aromatic heterocycles. The zero-order valence-electron chi connectivity index (χ0n) is 14.5. The molecule has 0 N–H and O–H groups in total. The van der Waals surface area contributed by atoms with Gasteiger partial charge in [0.05, 0.1) is 5.52 Å². The Labute approximate surface area is 156 Å². The monoisotopic (exact) mass is 356 g/mol. The number of oxime groups is 1. The molecule has 0 bridgehead atoms. The average Bonchev–Trinajstić information content (AvgIpc) is 2.72. The van der Waals surface area contributed by atoms with Gasteiger partial charge in [-0.1, -0.05) is 65.8 Å². The molecule has 0 spiro atoms. The first-order valence-corrected chi connectivity index (χ1v) is 8.64. The Morgan fingerprint density at radius 1 is 0.852 bits per heavy atom. The van der Waals surface area contributed by atoms with Crippen LogP contribution >= 0.6 is 0 Å². The molecule has 0 atom stereocenters. The van der Waals surface area contributed by atoms with Crippen LogP contribution in [0.2, 0.25) is 0 Å². The van der Waals surface area contributed by atoms with E-state index in [-0.39, 0.29) is 5.82 Å². The number of para-hydroxylation sites is 1. The molecular weight excluding hydrogens is 339 g/mol. The lowest BCUT2D eigenvalue weighted by atomic mass is 10.0. The van der Waals surface area contributed by atoms with Gasteiger partial charge in [-0.25, -0.2) is 4.39 Å². The Kier molecular flexibility index (Phi) is 4.88. The standard InChI is InChI=1S/C23H17FN2O/c24-21-11-6-10-19(14-21)23(26-27-16-17-7-2-1-3-8-17)20-13-18-9-4-5-12-22(18)25-15-20/h1-15H,16H2. The lowest BCUT2D eigenvalue weighted by molar-refractivity contribution is 0.131. The van der Waals surface area contributed by atoms with Gasteiger partial charge in [0.25, 0.3) is 0 Å². The van der Waals surface area contributed by atoms with Crippen LogP contribution in [0.1, 0.15) is 16.7 Å². The number of aromatic nitrogens is 1. The van der Waals surface area contributed by atoms with Crippen molar-refractivity contribution < 1.29 is 9.23 Å². The summed E-state index contributed by atoms with van der Waals surface area (Å²) in [5, 5.41) is 5.31. The summed E-state index contributed by atoms with van der Waals surface area (Å²) in [5.41, 5.74) is 3.86. The largest absolute Gasteiger partial charge is 0.390 e. The van der Waals surface area contributed by atoms with Crippen LogP contribution in [-0.4, -0.2) is 10.7 Å². The van der Waals surface area contributed by atoms with Crippen molar-refractivity contribution in [2.75, 3.05) is 0 Å². The van der Waals surface area contributed by atoms with Gasteiger partial charge >= 0.3 is 0 Å². The van der Waals surface area contributed by atoms with Crippen molar-refractivity contribution in [3.05, 3.63) is 114 Å². The number of benzene rings is 3. The van der Waals surface area contributed by atoms with Crippen molar-refractivity contribution in [1.29, 1.82) is 0 Å². The summed E-state index contributed by atoms with van der Waals surface area (Å²) in [6, 6.07) is 25.9. The molecule has 3 aromatic carbocycles. The van der Waals surface area contributed by atoms with Crippen molar-refractivity contribution in [3.8, 4) is 0 Å². The van der Waals surface area contributed by atoms with Gasteiger partial charge in [-0.15, -0.1) is 0 Å². The lowest BCUT2D eigenvalue weighted by Gasteiger charge is -2.09. The number of halogens is 1. The van der Waals surface area contributed by atoms with Crippen LogP contribution in [-0.2, 0) is 11.4 Å². The average molecular weight is 356 g/mol. The molecule has 3 nitrogen and oxygen atoms in total. The Bertz CT molecular complexity index is 1090. The summed E-state index contributed by atoms with van der Waals surface area (Å²) in [7, 11) is 0. The van der Waals surface area contributed by atoms with Crippen molar-refractivity contribution in [2.45, 2.75) is 6.61 Å². The Balaban J connectivity index is 1.71. The fourth-order valence-electron chi connectivity index (χ4n) is 2.85. The minimum atomic E-state index is -0.322. The summed E-state index contributed by atoms with van der Waals surface area (Å²) >= 11 is 0. The quantitative estimate of drug-likeness (QED) is 0.357. The summed E-state index contributed by atoms with van der Waals surface area (Å²) in [4.78, 5) is 10.1. The van der Waals surface area contributed by atoms with Gasteiger partial charge in [-0.3, -0.25) is 4.98 Å². The van der Waals surface area contributed by atoms with E-state index in [1.165, 1.54) is 12.1 Å². The first-order valence-electron chi connectivity index (χ1n) is 8.64. The van der Waals surface area contributed by atoms with E-state index < -0.39 is 0 Å². The maximum atomic E-state index is 13.8. The van der Waals surface area contributed by atoms with Crippen molar-refractivity contribution in [2.24, 2.45) is 5.16 Å². The van der Waals surface area contributed by atoms with Crippen LogP contribution in [0, 0.1) is 5.82 Å². The highest BCUT2D eigenvalue weighted by Gasteiger charge is 2.11. The second-order valence-electron chi connectivity index (χ2n) is 6.13. The van der Waals surface area contributed by atoms with E-state index in [1.807, 2.05) is 66.7 Å². The maximum Gasteiger partial charge on any atom is 0.142 e. The number of fused-ring (bicyclic) bond motifs is 1. The van der Waals surface area contributed by atoms with E-state index >= 15 is 0 Å². The maximum absolute atomic E-state index is 13.8. The van der Waals surface area contributed by atoms with E-state index in [0.717, 1.165) is 22.0 Å². The van der Waals surface area contributed by atoms with E-state index in [0.29, 0.717) is 17.9 Å². The third-order valence-corrected chi connectivity index (χ3v) is 4.19. The number of hydrogen-bond donors (Lipinski definition) is 0. The zero-order chi connectivity index (χ0) is 18.5. The number of hydrogen-bond acceptors (Lipinski definition) is 3. The summed E-state index contributed by atoms with van der Waals surface area (Å²) in [5.74, 6) is -0.322. The molecule has 1 heterocycles. The molecule has 0 fully saturated rings. The Morgan fingerprint density at radius 3 is 2.52 bits per heavy atom. The highest BCUT2D eigenvalue weighted by atomic mass is 19.1. The molecular formula is C23H17FN2O. The van der Waals surface area contributed by atoms with E-state index in [4.69, 9.17) is 4.84 Å². The molecule has 0 saturated heterocycles. The zero-order valence-corrected chi connectivity index (χ0v) is 14.5. The molecule has 4 heteroatoms. The Hall–Kier alpha value is -3.53. The molecule has 0 aliphatic heterocycles. The smallest absolute Gasteiger partial charge is 0.142 e. The molecule has 27 heavy (non-hydrogen) atoms. The van der Waals surface area contributed by atoms with Crippen LogP contribution in [0.15, 0.2) is 96.3 Å². The molecule has 4 aromatic rings. The number of pyridine rings is 1. The van der Waals surface area contributed by atoms with Crippen molar-refractivity contribution in [3.63, 3.8) is 0 Å². The highest BCUT2D eigenvalue weighted by molar-refractivity contribution is 6.13. The van der Waals surface area contributed by atoms with Gasteiger partial charge in [0, 0.05) is 22.7 Å². The summed E-state index contributed by atoms with van der Waals surface area (Å²) in [6.45, 7) is 0.334. The molecule has 0 saturated carbocycles. The summed E-state index contributed by atoms with van der Waals surface area (Å²) in [6.07, 6.45) is 1.73. The van der Waals surface area contributed by atoms with Gasteiger partial charge in [0.1, 0.15) is 18.1 Å². The highest BCUT2D eigenvalue weighted by Crippen LogP contribution is 2.18. The molecule has 0 unspecified atom stereocenters. The van der Waals surface area contributed by atoms with E-state index in [9.17, 15) is 4.39 Å². The second-order valence-corrected chi connectivity index (χ2v) is 6.13. The minimum absolute atomic E-state index is 0.322. The topological polar surface area (TPSA) is 34.5 Å². The van der Waals surface area contributed by atoms with Crippen molar-refractivity contribution >= 4 is 16.6 Å². The van der Waals surface area contributed by atoms with Crippen LogP contribution in [0.3, 0.4) is 0 Å². The van der Waals surface area contributed by atoms with Crippen LogP contribution in [0.25, 0.3) is 10.9 Å². The second kappa shape index (κ2) is 7.79. The predicted octanol–water partition coefficient (Wildman–Crippen LogP) is 5.34. The van der Waals surface area contributed by atoms with Crippen LogP contribution < -0.4 is 0 Å². The fourth-order valence-corrected chi connectivity index (χ4v) is 2.85. The van der Waals surface area contributed by atoms with Crippen LogP contribution in [0.5, 0.6) is 0 Å². The predicted molar refractivity (Wildman–Crippen MR) is 105 cm³/mol. The van der Waals surface area contributed by atoms with Gasteiger partial charge < -0.3 is 4.84 Å². The molecule has 0 radical (unpaired) electrons. The minimum Gasteiger partial charge on any atom is -0.390 e. The fraction of sp³-hybridized carbons (Fsp3) is 0.0435. The van der Waals surface area contributed by atoms with Crippen LogP contribution in [0.4, 0.5) is 4.39 Å². The lowest BCUT2D eigenvalue weighted by Crippen LogP contribution is -2.06. The molecule has 132 valence electrons. The third-order valence-electron chi connectivity index (χ3n) is 4.19. The SMILES string of the molecule is Fc1cccc(C(=NOCc2ccccc2)c2cnc3ccccc3c2)c1. The third kappa shape index (κ3) is 4.01. The normalized spacial score (nSPS) is 11.5. The molecule has 0 aliphatic rings. The first-order chi connectivity index (χ1) is 13.3. The van der Waals surface area contributed by atoms with Gasteiger partial charge in [-0.2, -0.15) is 0 Å². The molecule has 4 rings (SSSR count). The Morgan fingerprint density at radius 2 is 1.67 bits per heavy atom. The van der Waals surface area contributed by atoms with Gasteiger partial charge in [-0.05, 0) is 29.8 Å². The summed E-state index contributed by atoms with van der Waals surface area (Å²) < 4.78 is 13.8. The van der Waals surface area contributed by atoms with E-state index in [2.05, 4.69) is 10.1 Å². The molecule has 0 aliphatic carbocycles. The first kappa shape index (κ1) is 16.9. The van der Waals surface area contributed by atoms with Gasteiger partial charge in [0.2, 0.25) is 0 Å². The van der Waals surface area contributed by atoms with E-state index in [1.54, 1.807) is 12.3 Å².